The number of hydrogen-bond acceptors (Lipinski definition) is 2. The molecule has 1 aliphatic rings. The molecule has 6 heteroatoms. The molecule has 2 amide bonds. The van der Waals surface area contributed by atoms with E-state index in [4.69, 9.17) is 5.11 Å². The van der Waals surface area contributed by atoms with Gasteiger partial charge in [-0.3, -0.25) is 4.90 Å². The van der Waals surface area contributed by atoms with E-state index in [2.05, 4.69) is 0 Å². The molecule has 0 bridgehead atoms. The zero-order chi connectivity index (χ0) is 12.6. The molecule has 1 N–H and O–H groups in total. The van der Waals surface area contributed by atoms with Crippen molar-refractivity contribution in [3.8, 4) is 0 Å². The van der Waals surface area contributed by atoms with Crippen LogP contribution in [0, 0.1) is 5.82 Å². The molecular formula is C11H11FN2O3. The second-order valence-electron chi connectivity index (χ2n) is 3.81. The Morgan fingerprint density at radius 2 is 2.12 bits per heavy atom. The van der Waals surface area contributed by atoms with Crippen LogP contribution in [0.25, 0.3) is 0 Å². The predicted molar refractivity (Wildman–Crippen MR) is 58.3 cm³/mol. The minimum absolute atomic E-state index is 0.0500. The number of rotatable bonds is 2. The van der Waals surface area contributed by atoms with Gasteiger partial charge in [-0.15, -0.1) is 0 Å². The molecule has 1 atom stereocenters. The summed E-state index contributed by atoms with van der Waals surface area (Å²) in [4.78, 5) is 24.9. The van der Waals surface area contributed by atoms with Gasteiger partial charge in [0.05, 0.1) is 12.2 Å². The number of carbonyl (C=O) groups is 2. The second kappa shape index (κ2) is 4.04. The molecule has 0 spiro atoms. The number of para-hydroxylation sites is 1. The summed E-state index contributed by atoms with van der Waals surface area (Å²) >= 11 is 0. The van der Waals surface area contributed by atoms with E-state index in [1.807, 2.05) is 0 Å². The van der Waals surface area contributed by atoms with E-state index in [0.717, 1.165) is 9.80 Å². The predicted octanol–water partition coefficient (Wildman–Crippen LogP) is 1.15. The molecule has 1 fully saturated rings. The van der Waals surface area contributed by atoms with Gasteiger partial charge in [0, 0.05) is 7.05 Å². The number of urea groups is 1. The van der Waals surface area contributed by atoms with Crippen molar-refractivity contribution in [1.29, 1.82) is 0 Å². The Kier molecular flexibility index (Phi) is 2.71. The molecule has 1 aliphatic heterocycles. The lowest BCUT2D eigenvalue weighted by Gasteiger charge is -2.16. The number of carboxylic acids is 1. The Hall–Kier alpha value is -2.11. The Morgan fingerprint density at radius 3 is 2.65 bits per heavy atom. The summed E-state index contributed by atoms with van der Waals surface area (Å²) in [5.74, 6) is -1.64. The van der Waals surface area contributed by atoms with Crippen LogP contribution in [0.15, 0.2) is 24.3 Å². The largest absolute Gasteiger partial charge is 0.480 e. The summed E-state index contributed by atoms with van der Waals surface area (Å²) in [6, 6.07) is 4.34. The Labute approximate surface area is 97.1 Å². The highest BCUT2D eigenvalue weighted by molar-refractivity contribution is 5.98. The SMILES string of the molecule is CN1C(=O)N(c2ccccc2F)CC1C(=O)O. The van der Waals surface area contributed by atoms with E-state index in [1.165, 1.54) is 25.2 Å². The number of amides is 2. The normalized spacial score (nSPS) is 19.9. The molecule has 90 valence electrons. The molecule has 0 aromatic heterocycles. The first kappa shape index (κ1) is 11.4. The van der Waals surface area contributed by atoms with Crippen LogP contribution in [0.1, 0.15) is 0 Å². The van der Waals surface area contributed by atoms with E-state index in [-0.39, 0.29) is 12.2 Å². The van der Waals surface area contributed by atoms with Gasteiger partial charge in [-0.25, -0.2) is 14.0 Å². The van der Waals surface area contributed by atoms with Crippen LogP contribution in [0.4, 0.5) is 14.9 Å². The number of anilines is 1. The quantitative estimate of drug-likeness (QED) is 0.840. The van der Waals surface area contributed by atoms with Crippen LogP contribution < -0.4 is 4.90 Å². The zero-order valence-corrected chi connectivity index (χ0v) is 9.13. The van der Waals surface area contributed by atoms with E-state index in [1.54, 1.807) is 6.07 Å². The maximum atomic E-state index is 13.5. The van der Waals surface area contributed by atoms with Gasteiger partial charge < -0.3 is 10.0 Å². The number of likely N-dealkylation sites (N-methyl/N-ethyl adjacent to an activating group) is 1. The van der Waals surface area contributed by atoms with Gasteiger partial charge in [0.1, 0.15) is 11.9 Å². The van der Waals surface area contributed by atoms with Crippen molar-refractivity contribution in [2.45, 2.75) is 6.04 Å². The number of hydrogen-bond donors (Lipinski definition) is 1. The molecule has 0 saturated carbocycles. The van der Waals surface area contributed by atoms with E-state index < -0.39 is 23.9 Å². The minimum atomic E-state index is -1.10. The van der Waals surface area contributed by atoms with Crippen LogP contribution in [0.5, 0.6) is 0 Å². The summed E-state index contributed by atoms with van der Waals surface area (Å²) in [5, 5.41) is 8.92. The first-order chi connectivity index (χ1) is 8.02. The smallest absolute Gasteiger partial charge is 0.328 e. The standard InChI is InChI=1S/C11H11FN2O3/c1-13-9(10(15)16)6-14(11(13)17)8-5-3-2-4-7(8)12/h2-5,9H,6H2,1H3,(H,15,16). The zero-order valence-electron chi connectivity index (χ0n) is 9.13. The Bertz CT molecular complexity index is 478. The average Bonchev–Trinajstić information content (AvgIpc) is 2.57. The molecule has 0 radical (unpaired) electrons. The van der Waals surface area contributed by atoms with Crippen LogP contribution in [0.3, 0.4) is 0 Å². The number of carbonyl (C=O) groups excluding carboxylic acids is 1. The number of halogens is 1. The maximum absolute atomic E-state index is 13.5. The van der Waals surface area contributed by atoms with Crippen LogP contribution in [0.2, 0.25) is 0 Å². The molecule has 0 aliphatic carbocycles. The number of nitrogens with zero attached hydrogens (tertiary/aromatic N) is 2. The highest BCUT2D eigenvalue weighted by Gasteiger charge is 2.40. The van der Waals surface area contributed by atoms with Crippen LogP contribution in [-0.4, -0.2) is 41.6 Å². The molecule has 1 aromatic carbocycles. The fourth-order valence-electron chi connectivity index (χ4n) is 1.81. The third kappa shape index (κ3) is 1.82. The topological polar surface area (TPSA) is 60.9 Å². The van der Waals surface area contributed by atoms with Gasteiger partial charge in [-0.2, -0.15) is 0 Å². The molecule has 2 rings (SSSR count). The molecule has 1 heterocycles. The van der Waals surface area contributed by atoms with Crippen LogP contribution in [-0.2, 0) is 4.79 Å². The highest BCUT2D eigenvalue weighted by atomic mass is 19.1. The molecule has 1 aromatic rings. The van der Waals surface area contributed by atoms with Gasteiger partial charge in [0.15, 0.2) is 0 Å². The Balaban J connectivity index is 2.33. The van der Waals surface area contributed by atoms with Crippen LogP contribution >= 0.6 is 0 Å². The Morgan fingerprint density at radius 1 is 1.47 bits per heavy atom. The van der Waals surface area contributed by atoms with Crippen molar-refractivity contribution in [3.05, 3.63) is 30.1 Å². The molecule has 17 heavy (non-hydrogen) atoms. The summed E-state index contributed by atoms with van der Waals surface area (Å²) in [6.45, 7) is -0.0500. The molecule has 1 saturated heterocycles. The third-order valence-electron chi connectivity index (χ3n) is 2.78. The van der Waals surface area contributed by atoms with Gasteiger partial charge >= 0.3 is 12.0 Å². The summed E-state index contributed by atoms with van der Waals surface area (Å²) < 4.78 is 13.5. The van der Waals surface area contributed by atoms with Crippen molar-refractivity contribution in [1.82, 2.24) is 4.90 Å². The highest BCUT2D eigenvalue weighted by Crippen LogP contribution is 2.25. The first-order valence-electron chi connectivity index (χ1n) is 5.04. The monoisotopic (exact) mass is 238 g/mol. The number of aliphatic carboxylic acids is 1. The lowest BCUT2D eigenvalue weighted by molar-refractivity contribution is -0.140. The third-order valence-corrected chi connectivity index (χ3v) is 2.78. The average molecular weight is 238 g/mol. The van der Waals surface area contributed by atoms with Crippen molar-refractivity contribution in [2.24, 2.45) is 0 Å². The summed E-state index contributed by atoms with van der Waals surface area (Å²) in [6.07, 6.45) is 0. The van der Waals surface area contributed by atoms with Gasteiger partial charge in [0.25, 0.3) is 0 Å². The van der Waals surface area contributed by atoms with Crippen molar-refractivity contribution in [2.75, 3.05) is 18.5 Å². The maximum Gasteiger partial charge on any atom is 0.328 e. The summed E-state index contributed by atoms with van der Waals surface area (Å²) in [5.41, 5.74) is 0.105. The van der Waals surface area contributed by atoms with E-state index in [0.29, 0.717) is 0 Å². The molecular weight excluding hydrogens is 227 g/mol. The first-order valence-corrected chi connectivity index (χ1v) is 5.04. The van der Waals surface area contributed by atoms with Gasteiger partial charge in [-0.05, 0) is 12.1 Å². The number of carboxylic acid groups (broad SMARTS) is 1. The van der Waals surface area contributed by atoms with E-state index >= 15 is 0 Å². The molecule has 5 nitrogen and oxygen atoms in total. The fourth-order valence-corrected chi connectivity index (χ4v) is 1.81. The van der Waals surface area contributed by atoms with E-state index in [9.17, 15) is 14.0 Å². The second-order valence-corrected chi connectivity index (χ2v) is 3.81. The van der Waals surface area contributed by atoms with Crippen molar-refractivity contribution < 1.29 is 19.1 Å². The lowest BCUT2D eigenvalue weighted by atomic mass is 10.2. The van der Waals surface area contributed by atoms with Gasteiger partial charge in [0.2, 0.25) is 0 Å². The minimum Gasteiger partial charge on any atom is -0.480 e. The fraction of sp³-hybridized carbons (Fsp3) is 0.273. The van der Waals surface area contributed by atoms with Gasteiger partial charge in [-0.1, -0.05) is 12.1 Å². The van der Waals surface area contributed by atoms with Crippen molar-refractivity contribution in [3.63, 3.8) is 0 Å². The molecule has 1 unspecified atom stereocenters. The van der Waals surface area contributed by atoms with Crippen molar-refractivity contribution >= 4 is 17.7 Å². The number of benzene rings is 1. The summed E-state index contributed by atoms with van der Waals surface area (Å²) in [7, 11) is 1.39. The lowest BCUT2D eigenvalue weighted by Crippen LogP contribution is -2.36.